The molecule has 0 aromatic carbocycles. The lowest BCUT2D eigenvalue weighted by atomic mass is 10.3. The number of esters is 1. The van der Waals surface area contributed by atoms with Gasteiger partial charge in [0.05, 0.1) is 11.7 Å². The molecule has 0 amide bonds. The van der Waals surface area contributed by atoms with Gasteiger partial charge >= 0.3 is 5.97 Å². The first-order valence-electron chi connectivity index (χ1n) is 3.87. The van der Waals surface area contributed by atoms with Crippen LogP contribution in [0.25, 0.3) is 10.9 Å². The Labute approximate surface area is 74.5 Å². The lowest BCUT2D eigenvalue weighted by Crippen LogP contribution is -2.02. The van der Waals surface area contributed by atoms with Gasteiger partial charge in [-0.3, -0.25) is 4.79 Å². The van der Waals surface area contributed by atoms with Crippen LogP contribution in [0.3, 0.4) is 0 Å². The highest BCUT2D eigenvalue weighted by molar-refractivity contribution is 5.80. The molecule has 1 N–H and O–H groups in total. The summed E-state index contributed by atoms with van der Waals surface area (Å²) in [7, 11) is 0. The molecule has 2 rings (SSSR count). The lowest BCUT2D eigenvalue weighted by molar-refractivity contribution is -0.132. The van der Waals surface area contributed by atoms with E-state index in [0.717, 1.165) is 10.9 Å². The second kappa shape index (κ2) is 2.90. The molecule has 4 nitrogen and oxygen atoms in total. The summed E-state index contributed by atoms with van der Waals surface area (Å²) in [5.74, 6) is -0.0259. The summed E-state index contributed by atoms with van der Waals surface area (Å²) in [5.41, 5.74) is 0.927. The van der Waals surface area contributed by atoms with Crippen molar-refractivity contribution in [1.29, 1.82) is 0 Å². The van der Waals surface area contributed by atoms with Gasteiger partial charge in [-0.15, -0.1) is 0 Å². The van der Waals surface area contributed by atoms with Crippen LogP contribution in [-0.2, 0) is 4.79 Å². The predicted molar refractivity (Wildman–Crippen MR) is 47.4 cm³/mol. The Hall–Kier alpha value is -1.84. The normalized spacial score (nSPS) is 10.2. The van der Waals surface area contributed by atoms with Crippen molar-refractivity contribution >= 4 is 16.9 Å². The van der Waals surface area contributed by atoms with Gasteiger partial charge in [0.1, 0.15) is 0 Å². The first kappa shape index (κ1) is 7.79. The van der Waals surface area contributed by atoms with E-state index in [1.807, 2.05) is 12.3 Å². The zero-order chi connectivity index (χ0) is 9.26. The molecule has 0 unspecified atom stereocenters. The summed E-state index contributed by atoms with van der Waals surface area (Å²) < 4.78 is 4.83. The van der Waals surface area contributed by atoms with Crippen LogP contribution in [0.5, 0.6) is 5.88 Å². The molecule has 0 radical (unpaired) electrons. The van der Waals surface area contributed by atoms with Gasteiger partial charge in [-0.25, -0.2) is 4.98 Å². The predicted octanol–water partition coefficient (Wildman–Crippen LogP) is 1.49. The maximum absolute atomic E-state index is 10.6. The van der Waals surface area contributed by atoms with E-state index in [1.165, 1.54) is 6.92 Å². The Morgan fingerprint density at radius 2 is 2.46 bits per heavy atom. The van der Waals surface area contributed by atoms with E-state index < -0.39 is 0 Å². The highest BCUT2D eigenvalue weighted by Crippen LogP contribution is 2.16. The minimum absolute atomic E-state index is 0.333. The topological polar surface area (TPSA) is 55.0 Å². The van der Waals surface area contributed by atoms with Crippen LogP contribution < -0.4 is 4.74 Å². The zero-order valence-corrected chi connectivity index (χ0v) is 7.07. The number of aromatic nitrogens is 2. The summed E-state index contributed by atoms with van der Waals surface area (Å²) in [5, 5.41) is 0.978. The molecule has 2 aromatic rings. The molecule has 0 atom stereocenters. The number of H-pyrrole nitrogens is 1. The van der Waals surface area contributed by atoms with Crippen molar-refractivity contribution in [3.05, 3.63) is 24.5 Å². The zero-order valence-electron chi connectivity index (χ0n) is 7.07. The van der Waals surface area contributed by atoms with E-state index in [1.54, 1.807) is 12.3 Å². The molecule has 66 valence electrons. The Kier molecular flexibility index (Phi) is 1.73. The van der Waals surface area contributed by atoms with Gasteiger partial charge in [0.15, 0.2) is 0 Å². The van der Waals surface area contributed by atoms with Gasteiger partial charge < -0.3 is 9.72 Å². The summed E-state index contributed by atoms with van der Waals surface area (Å²) in [6, 6.07) is 3.61. The third kappa shape index (κ3) is 1.51. The number of hydrogen-bond donors (Lipinski definition) is 1. The number of pyridine rings is 1. The number of nitrogens with one attached hydrogen (secondary N) is 1. The molecular weight excluding hydrogens is 168 g/mol. The van der Waals surface area contributed by atoms with Crippen LogP contribution in [-0.4, -0.2) is 15.9 Å². The van der Waals surface area contributed by atoms with E-state index in [-0.39, 0.29) is 5.97 Å². The summed E-state index contributed by atoms with van der Waals surface area (Å²) >= 11 is 0. The maximum Gasteiger partial charge on any atom is 0.309 e. The summed E-state index contributed by atoms with van der Waals surface area (Å²) in [6.07, 6.45) is 3.44. The van der Waals surface area contributed by atoms with E-state index in [4.69, 9.17) is 4.74 Å². The fourth-order valence-electron chi connectivity index (χ4n) is 1.13. The van der Waals surface area contributed by atoms with Gasteiger partial charge in [-0.05, 0) is 6.07 Å². The molecule has 0 saturated carbocycles. The molecular formula is C9H8N2O2. The minimum Gasteiger partial charge on any atom is -0.408 e. The van der Waals surface area contributed by atoms with Crippen molar-refractivity contribution in [2.75, 3.05) is 0 Å². The Morgan fingerprint density at radius 3 is 3.23 bits per heavy atom. The molecule has 0 saturated heterocycles. The largest absolute Gasteiger partial charge is 0.408 e. The second-order valence-corrected chi connectivity index (χ2v) is 2.68. The maximum atomic E-state index is 10.6. The third-order valence-corrected chi connectivity index (χ3v) is 1.66. The van der Waals surface area contributed by atoms with Crippen molar-refractivity contribution in [1.82, 2.24) is 9.97 Å². The molecule has 13 heavy (non-hydrogen) atoms. The Morgan fingerprint density at radius 1 is 1.62 bits per heavy atom. The molecule has 0 aliphatic rings. The molecule has 0 aliphatic carbocycles. The molecule has 2 heterocycles. The van der Waals surface area contributed by atoms with E-state index in [2.05, 4.69) is 9.97 Å². The van der Waals surface area contributed by atoms with Crippen LogP contribution in [0.15, 0.2) is 24.5 Å². The van der Waals surface area contributed by atoms with Crippen molar-refractivity contribution in [2.24, 2.45) is 0 Å². The highest BCUT2D eigenvalue weighted by Gasteiger charge is 2.01. The smallest absolute Gasteiger partial charge is 0.309 e. The number of aromatic amines is 1. The fourth-order valence-corrected chi connectivity index (χ4v) is 1.13. The van der Waals surface area contributed by atoms with E-state index in [0.29, 0.717) is 5.88 Å². The van der Waals surface area contributed by atoms with Crippen LogP contribution in [0.2, 0.25) is 0 Å². The van der Waals surface area contributed by atoms with Crippen molar-refractivity contribution in [2.45, 2.75) is 6.92 Å². The van der Waals surface area contributed by atoms with Crippen LogP contribution >= 0.6 is 0 Å². The van der Waals surface area contributed by atoms with Gasteiger partial charge in [0.2, 0.25) is 5.88 Å². The number of fused-ring (bicyclic) bond motifs is 1. The highest BCUT2D eigenvalue weighted by atomic mass is 16.5. The first-order valence-corrected chi connectivity index (χ1v) is 3.87. The number of rotatable bonds is 1. The van der Waals surface area contributed by atoms with Gasteiger partial charge in [-0.2, -0.15) is 0 Å². The summed E-state index contributed by atoms with van der Waals surface area (Å²) in [4.78, 5) is 17.6. The minimum atomic E-state index is -0.359. The molecule has 0 aliphatic heterocycles. The van der Waals surface area contributed by atoms with Crippen LogP contribution in [0, 0.1) is 0 Å². The summed E-state index contributed by atoms with van der Waals surface area (Å²) in [6.45, 7) is 1.35. The van der Waals surface area contributed by atoms with Crippen LogP contribution in [0.4, 0.5) is 0 Å². The SMILES string of the molecule is CC(=O)Oc1cc2cc[nH]c2cn1. The van der Waals surface area contributed by atoms with Crippen molar-refractivity contribution in [3.63, 3.8) is 0 Å². The van der Waals surface area contributed by atoms with E-state index >= 15 is 0 Å². The Balaban J connectivity index is 2.42. The average molecular weight is 176 g/mol. The number of nitrogens with zero attached hydrogens (tertiary/aromatic N) is 1. The quantitative estimate of drug-likeness (QED) is 0.669. The lowest BCUT2D eigenvalue weighted by Gasteiger charge is -1.98. The Bertz CT molecular complexity index is 448. The van der Waals surface area contributed by atoms with Crippen molar-refractivity contribution in [3.8, 4) is 5.88 Å². The third-order valence-electron chi connectivity index (χ3n) is 1.66. The number of hydrogen-bond acceptors (Lipinski definition) is 3. The number of carbonyl (C=O) groups is 1. The van der Waals surface area contributed by atoms with Crippen LogP contribution in [0.1, 0.15) is 6.92 Å². The van der Waals surface area contributed by atoms with Gasteiger partial charge in [0.25, 0.3) is 0 Å². The first-order chi connectivity index (χ1) is 6.25. The monoisotopic (exact) mass is 176 g/mol. The van der Waals surface area contributed by atoms with E-state index in [9.17, 15) is 4.79 Å². The second-order valence-electron chi connectivity index (χ2n) is 2.68. The standard InChI is InChI=1S/C9H8N2O2/c1-6(12)13-9-4-7-2-3-10-8(7)5-11-9/h2-5,10H,1H3. The molecule has 2 aromatic heterocycles. The van der Waals surface area contributed by atoms with Gasteiger partial charge in [-0.1, -0.05) is 0 Å². The van der Waals surface area contributed by atoms with Crippen molar-refractivity contribution < 1.29 is 9.53 Å². The number of carbonyl (C=O) groups excluding carboxylic acids is 1. The molecule has 0 bridgehead atoms. The molecule has 0 spiro atoms. The average Bonchev–Trinajstić information content (AvgIpc) is 2.49. The fraction of sp³-hybridized carbons (Fsp3) is 0.111. The number of ether oxygens (including phenoxy) is 1. The molecule has 4 heteroatoms. The van der Waals surface area contributed by atoms with Gasteiger partial charge in [0, 0.05) is 24.6 Å². The molecule has 0 fully saturated rings.